The van der Waals surface area contributed by atoms with Crippen molar-refractivity contribution in [2.45, 2.75) is 84.2 Å². The summed E-state index contributed by atoms with van der Waals surface area (Å²) in [5, 5.41) is 4.32. The van der Waals surface area contributed by atoms with E-state index in [0.29, 0.717) is 67.0 Å². The van der Waals surface area contributed by atoms with Crippen molar-refractivity contribution in [2.24, 2.45) is 11.1 Å². The molecule has 12 heteroatoms. The van der Waals surface area contributed by atoms with Gasteiger partial charge < -0.3 is 21.0 Å². The quantitative estimate of drug-likeness (QED) is 0.121. The van der Waals surface area contributed by atoms with Crippen LogP contribution in [0.4, 0.5) is 0 Å². The molecule has 0 saturated carbocycles. The van der Waals surface area contributed by atoms with E-state index >= 15 is 0 Å². The molecule has 5 N–H and O–H groups in total. The molecule has 0 fully saturated rings. The second kappa shape index (κ2) is 16.9. The number of primary amides is 1. The van der Waals surface area contributed by atoms with Crippen LogP contribution in [0, 0.1) is 5.41 Å². The van der Waals surface area contributed by atoms with E-state index in [2.05, 4.69) is 22.2 Å². The lowest BCUT2D eigenvalue weighted by molar-refractivity contribution is -0.129. The molecule has 4 rings (SSSR count). The van der Waals surface area contributed by atoms with E-state index in [0.717, 1.165) is 38.6 Å². The van der Waals surface area contributed by atoms with Crippen molar-refractivity contribution in [2.75, 3.05) is 13.1 Å². The molecule has 11 nitrogen and oxygen atoms in total. The molecular formula is C33H45ClN6O5. The number of fused-ring (bicyclic) bond motifs is 2. The zero-order valence-corrected chi connectivity index (χ0v) is 26.8. The predicted molar refractivity (Wildman–Crippen MR) is 181 cm³/mol. The fraction of sp³-hybridized carbons (Fsp3) is 0.485. The molecule has 2 heterocycles. The summed E-state index contributed by atoms with van der Waals surface area (Å²) in [6, 6.07) is 13.9. The van der Waals surface area contributed by atoms with Gasteiger partial charge in [0.05, 0.1) is 21.8 Å². The van der Waals surface area contributed by atoms with E-state index in [1.807, 2.05) is 0 Å². The summed E-state index contributed by atoms with van der Waals surface area (Å²) in [5.74, 6) is -0.327. The third-order valence-electron chi connectivity index (χ3n) is 8.59. The van der Waals surface area contributed by atoms with Crippen LogP contribution in [0.3, 0.4) is 0 Å². The molecule has 1 unspecified atom stereocenters. The summed E-state index contributed by atoms with van der Waals surface area (Å²) in [4.78, 5) is 69.0. The Balaban J connectivity index is 0.00000552. The third-order valence-corrected chi connectivity index (χ3v) is 8.59. The number of rotatable bonds is 18. The number of amides is 1. The van der Waals surface area contributed by atoms with Crippen molar-refractivity contribution in [1.82, 2.24) is 24.4 Å². The third kappa shape index (κ3) is 8.82. The highest BCUT2D eigenvalue weighted by atomic mass is 35.5. The van der Waals surface area contributed by atoms with Gasteiger partial charge in [-0.2, -0.15) is 0 Å². The van der Waals surface area contributed by atoms with E-state index in [9.17, 15) is 24.0 Å². The number of nitrogens with two attached hydrogens (primary N) is 1. The van der Waals surface area contributed by atoms with E-state index in [1.165, 1.54) is 9.13 Å². The largest absolute Gasteiger partial charge is 0.369 e. The van der Waals surface area contributed by atoms with E-state index in [-0.39, 0.29) is 36.0 Å². The Bertz CT molecular complexity index is 1810. The standard InChI is InChI=1S/C33H44N6O5.ClH/c1-2-3-8-17-33(30(34)42,19-11-22-38-28(40)24-13-4-6-15-26(24)36-31(38)43)18-9-10-20-35-21-12-23-39-29(41)25-14-5-7-16-27(25)37-32(39)44;/h4-7,13-16,35H,2-3,8-12,17-23H2,1H3,(H2,34,42)(H,36,43)(H,37,44);1H. The lowest BCUT2D eigenvalue weighted by Crippen LogP contribution is -2.39. The van der Waals surface area contributed by atoms with Crippen LogP contribution in [0.25, 0.3) is 21.8 Å². The molecule has 0 aliphatic carbocycles. The normalized spacial score (nSPS) is 12.6. The molecule has 0 radical (unpaired) electrons. The van der Waals surface area contributed by atoms with Gasteiger partial charge in [0.2, 0.25) is 5.91 Å². The van der Waals surface area contributed by atoms with Gasteiger partial charge in [0.15, 0.2) is 0 Å². The number of nitrogens with zero attached hydrogens (tertiary/aromatic N) is 2. The summed E-state index contributed by atoms with van der Waals surface area (Å²) in [6.45, 7) is 4.02. The van der Waals surface area contributed by atoms with E-state index in [4.69, 9.17) is 5.73 Å². The molecule has 0 bridgehead atoms. The van der Waals surface area contributed by atoms with Gasteiger partial charge in [-0.25, -0.2) is 9.59 Å². The smallest absolute Gasteiger partial charge is 0.328 e. The van der Waals surface area contributed by atoms with Crippen molar-refractivity contribution >= 4 is 40.1 Å². The number of H-pyrrole nitrogens is 2. The first-order chi connectivity index (χ1) is 21.3. The zero-order valence-electron chi connectivity index (χ0n) is 25.9. The number of nitrogens with one attached hydrogen (secondary N) is 3. The molecule has 0 saturated heterocycles. The summed E-state index contributed by atoms with van der Waals surface area (Å²) in [7, 11) is 0. The van der Waals surface area contributed by atoms with Crippen LogP contribution >= 0.6 is 12.4 Å². The van der Waals surface area contributed by atoms with Gasteiger partial charge in [-0.3, -0.25) is 23.5 Å². The Morgan fingerprint density at radius 1 is 0.711 bits per heavy atom. The number of aromatic amines is 2. The molecule has 1 amide bonds. The van der Waals surface area contributed by atoms with Gasteiger partial charge in [0, 0.05) is 18.5 Å². The molecule has 2 aromatic heterocycles. The molecule has 0 aliphatic rings. The highest BCUT2D eigenvalue weighted by Gasteiger charge is 2.35. The Kier molecular flexibility index (Phi) is 13.4. The monoisotopic (exact) mass is 640 g/mol. The van der Waals surface area contributed by atoms with Crippen LogP contribution in [0.2, 0.25) is 0 Å². The first kappa shape index (κ1) is 35.5. The lowest BCUT2D eigenvalue weighted by Gasteiger charge is -2.31. The number of unbranched alkanes of at least 4 members (excludes halogenated alkanes) is 3. The number of carbonyl (C=O) groups is 1. The summed E-state index contributed by atoms with van der Waals surface area (Å²) in [6.07, 6.45) is 7.49. The number of halogens is 1. The first-order valence-corrected chi connectivity index (χ1v) is 15.7. The SMILES string of the molecule is CCCCCC(CCCCNCCCn1c(=O)[nH]c2ccccc2c1=O)(CCCn1c(=O)[nH]c2ccccc2c1=O)C(N)=O.Cl. The van der Waals surface area contributed by atoms with E-state index in [1.54, 1.807) is 48.5 Å². The molecule has 4 aromatic rings. The fourth-order valence-corrected chi connectivity index (χ4v) is 6.04. The Morgan fingerprint density at radius 2 is 1.18 bits per heavy atom. The van der Waals surface area contributed by atoms with Crippen molar-refractivity contribution in [3.8, 4) is 0 Å². The van der Waals surface area contributed by atoms with Crippen LogP contribution in [-0.4, -0.2) is 38.1 Å². The van der Waals surface area contributed by atoms with E-state index < -0.39 is 16.8 Å². The van der Waals surface area contributed by atoms with Gasteiger partial charge in [0.25, 0.3) is 11.1 Å². The minimum atomic E-state index is -0.694. The van der Waals surface area contributed by atoms with Gasteiger partial charge in [-0.05, 0) is 75.9 Å². The number of hydrogen-bond donors (Lipinski definition) is 4. The number of hydrogen-bond acceptors (Lipinski definition) is 6. The highest BCUT2D eigenvalue weighted by Crippen LogP contribution is 2.36. The van der Waals surface area contributed by atoms with Gasteiger partial charge in [-0.15, -0.1) is 12.4 Å². The molecule has 2 aromatic carbocycles. The fourth-order valence-electron chi connectivity index (χ4n) is 6.04. The van der Waals surface area contributed by atoms with Crippen LogP contribution in [0.15, 0.2) is 67.7 Å². The van der Waals surface area contributed by atoms with Crippen LogP contribution < -0.4 is 33.5 Å². The Labute approximate surface area is 267 Å². The molecular weight excluding hydrogens is 596 g/mol. The number of aromatic nitrogens is 4. The van der Waals surface area contributed by atoms with Gasteiger partial charge >= 0.3 is 11.4 Å². The maximum atomic E-state index is 12.9. The second-order valence-electron chi connectivity index (χ2n) is 11.6. The number of carbonyl (C=O) groups excluding carboxylic acids is 1. The zero-order chi connectivity index (χ0) is 31.5. The molecule has 0 aliphatic heterocycles. The summed E-state index contributed by atoms with van der Waals surface area (Å²) in [5.41, 5.74) is 4.89. The first-order valence-electron chi connectivity index (χ1n) is 15.7. The maximum absolute atomic E-state index is 12.9. The summed E-state index contributed by atoms with van der Waals surface area (Å²) >= 11 is 0. The average molecular weight is 641 g/mol. The van der Waals surface area contributed by atoms with Crippen molar-refractivity contribution in [1.29, 1.82) is 0 Å². The second-order valence-corrected chi connectivity index (χ2v) is 11.6. The minimum Gasteiger partial charge on any atom is -0.369 e. The topological polar surface area (TPSA) is 165 Å². The lowest BCUT2D eigenvalue weighted by atomic mass is 9.74. The van der Waals surface area contributed by atoms with Crippen molar-refractivity contribution < 1.29 is 4.79 Å². The van der Waals surface area contributed by atoms with Crippen LogP contribution in [0.1, 0.15) is 71.1 Å². The Morgan fingerprint density at radius 3 is 1.71 bits per heavy atom. The van der Waals surface area contributed by atoms with Crippen LogP contribution in [-0.2, 0) is 17.9 Å². The van der Waals surface area contributed by atoms with Gasteiger partial charge in [-0.1, -0.05) is 56.9 Å². The number of benzene rings is 2. The molecule has 45 heavy (non-hydrogen) atoms. The van der Waals surface area contributed by atoms with Crippen LogP contribution in [0.5, 0.6) is 0 Å². The maximum Gasteiger partial charge on any atom is 0.328 e. The molecule has 244 valence electrons. The van der Waals surface area contributed by atoms with Crippen molar-refractivity contribution in [3.63, 3.8) is 0 Å². The minimum absolute atomic E-state index is 0. The summed E-state index contributed by atoms with van der Waals surface area (Å²) < 4.78 is 2.45. The van der Waals surface area contributed by atoms with Gasteiger partial charge in [0.1, 0.15) is 0 Å². The highest BCUT2D eigenvalue weighted by molar-refractivity contribution is 5.85. The van der Waals surface area contributed by atoms with Crippen molar-refractivity contribution in [3.05, 3.63) is 90.2 Å². The molecule has 0 spiro atoms. The average Bonchev–Trinajstić information content (AvgIpc) is 3.01. The molecule has 1 atom stereocenters. The predicted octanol–water partition coefficient (Wildman–Crippen LogP) is 3.80. The Hall–Kier alpha value is -3.96. The number of para-hydroxylation sites is 2.